The highest BCUT2D eigenvalue weighted by atomic mass is 35.5. The van der Waals surface area contributed by atoms with E-state index in [0.29, 0.717) is 22.5 Å². The van der Waals surface area contributed by atoms with Gasteiger partial charge < -0.3 is 9.64 Å². The van der Waals surface area contributed by atoms with Gasteiger partial charge in [-0.25, -0.2) is 9.07 Å². The quantitative estimate of drug-likeness (QED) is 0.308. The van der Waals surface area contributed by atoms with Crippen LogP contribution in [0.1, 0.15) is 61.2 Å². The number of hydrogen-bond acceptors (Lipinski definition) is 4. The van der Waals surface area contributed by atoms with Crippen LogP contribution in [0.25, 0.3) is 5.69 Å². The van der Waals surface area contributed by atoms with E-state index in [0.717, 1.165) is 47.8 Å². The number of methoxy groups -OCH3 is 1. The van der Waals surface area contributed by atoms with Gasteiger partial charge >= 0.3 is 0 Å². The van der Waals surface area contributed by atoms with E-state index in [2.05, 4.69) is 11.8 Å². The van der Waals surface area contributed by atoms with Crippen molar-refractivity contribution in [2.45, 2.75) is 59.4 Å². The predicted molar refractivity (Wildman–Crippen MR) is 138 cm³/mol. The largest absolute Gasteiger partial charge is 0.496 e. The van der Waals surface area contributed by atoms with Crippen molar-refractivity contribution in [2.24, 2.45) is 5.92 Å². The fourth-order valence-electron chi connectivity index (χ4n) is 4.32. The number of benzene rings is 2. The van der Waals surface area contributed by atoms with Crippen molar-refractivity contribution in [2.75, 3.05) is 18.6 Å². The monoisotopic (exact) mass is 506 g/mol. The molecule has 1 aliphatic rings. The van der Waals surface area contributed by atoms with Crippen molar-refractivity contribution in [1.29, 1.82) is 0 Å². The molecule has 4 rings (SSSR count). The van der Waals surface area contributed by atoms with Crippen molar-refractivity contribution in [3.05, 3.63) is 63.7 Å². The van der Waals surface area contributed by atoms with Crippen LogP contribution in [-0.2, 0) is 0 Å². The van der Waals surface area contributed by atoms with Gasteiger partial charge in [0.15, 0.2) is 0 Å². The third-order valence-electron chi connectivity index (χ3n) is 6.38. The molecule has 1 heterocycles. The van der Waals surface area contributed by atoms with E-state index in [1.165, 1.54) is 12.8 Å². The van der Waals surface area contributed by atoms with Crippen LogP contribution in [0.5, 0.6) is 5.75 Å². The number of ether oxygens (including phenoxy) is 1. The second-order valence-electron chi connectivity index (χ2n) is 9.04. The lowest BCUT2D eigenvalue weighted by Crippen LogP contribution is -2.31. The third kappa shape index (κ3) is 5.49. The third-order valence-corrected chi connectivity index (χ3v) is 6.68. The minimum absolute atomic E-state index is 0. The molecule has 0 bridgehead atoms. The molecule has 1 atom stereocenters. The summed E-state index contributed by atoms with van der Waals surface area (Å²) in [6.07, 6.45) is 4.36. The SMILES string of the molecule is CCCN(c1nc(C)n(-c2cc(C)c(OC)cc2Cl)n1)C(CC1CC1)c1ccc(C)c(F)c1.Cl. The highest BCUT2D eigenvalue weighted by Gasteiger charge is 2.32. The van der Waals surface area contributed by atoms with Gasteiger partial charge in [0.1, 0.15) is 17.4 Å². The van der Waals surface area contributed by atoms with E-state index in [1.807, 2.05) is 38.1 Å². The van der Waals surface area contributed by atoms with Crippen LogP contribution in [0.15, 0.2) is 30.3 Å². The Morgan fingerprint density at radius 3 is 2.53 bits per heavy atom. The van der Waals surface area contributed by atoms with Crippen molar-refractivity contribution >= 4 is 30.0 Å². The Kier molecular flexibility index (Phi) is 8.47. The van der Waals surface area contributed by atoms with E-state index < -0.39 is 0 Å². The standard InChI is InChI=1S/C26H32ClFN4O.ClH/c1-6-11-31(23(13-19-8-9-19)20-10-7-16(2)22(28)14-20)26-29-18(4)32(30-26)24-12-17(3)25(33-5)15-21(24)27;/h7,10,12,14-15,19,23H,6,8-9,11,13H2,1-5H3;1H. The maximum atomic E-state index is 14.5. The lowest BCUT2D eigenvalue weighted by atomic mass is 9.98. The van der Waals surface area contributed by atoms with Gasteiger partial charge in [-0.2, -0.15) is 4.98 Å². The van der Waals surface area contributed by atoms with Gasteiger partial charge in [0, 0.05) is 12.6 Å². The zero-order chi connectivity index (χ0) is 23.7. The number of hydrogen-bond donors (Lipinski definition) is 0. The number of nitrogens with zero attached hydrogens (tertiary/aromatic N) is 4. The van der Waals surface area contributed by atoms with E-state index in [1.54, 1.807) is 24.8 Å². The molecule has 0 saturated heterocycles. The lowest BCUT2D eigenvalue weighted by molar-refractivity contribution is 0.411. The van der Waals surface area contributed by atoms with Crippen LogP contribution in [0.3, 0.4) is 0 Å². The van der Waals surface area contributed by atoms with Crippen molar-refractivity contribution in [3.63, 3.8) is 0 Å². The number of aromatic nitrogens is 3. The lowest BCUT2D eigenvalue weighted by Gasteiger charge is -2.31. The molecular weight excluding hydrogens is 474 g/mol. The number of halogens is 3. The highest BCUT2D eigenvalue weighted by molar-refractivity contribution is 6.32. The summed E-state index contributed by atoms with van der Waals surface area (Å²) >= 11 is 6.58. The summed E-state index contributed by atoms with van der Waals surface area (Å²) in [5, 5.41) is 5.43. The molecular formula is C26H33Cl2FN4O. The minimum atomic E-state index is -0.167. The van der Waals surface area contributed by atoms with Gasteiger partial charge in [-0.3, -0.25) is 0 Å². The second-order valence-corrected chi connectivity index (χ2v) is 9.45. The van der Waals surface area contributed by atoms with Gasteiger partial charge in [0.25, 0.3) is 0 Å². The van der Waals surface area contributed by atoms with Crippen LogP contribution in [0.4, 0.5) is 10.3 Å². The molecule has 2 aromatic carbocycles. The zero-order valence-electron chi connectivity index (χ0n) is 20.4. The molecule has 3 aromatic rings. The second kappa shape index (κ2) is 11.0. The number of aryl methyl sites for hydroxylation is 3. The topological polar surface area (TPSA) is 43.2 Å². The molecule has 0 spiro atoms. The van der Waals surface area contributed by atoms with Gasteiger partial charge in [0.2, 0.25) is 5.95 Å². The van der Waals surface area contributed by atoms with Crippen LogP contribution in [0.2, 0.25) is 5.02 Å². The predicted octanol–water partition coefficient (Wildman–Crippen LogP) is 7.17. The van der Waals surface area contributed by atoms with Crippen molar-refractivity contribution in [1.82, 2.24) is 14.8 Å². The first-order chi connectivity index (χ1) is 15.8. The van der Waals surface area contributed by atoms with Gasteiger partial charge in [-0.1, -0.05) is 43.5 Å². The summed E-state index contributed by atoms with van der Waals surface area (Å²) in [7, 11) is 1.63. The van der Waals surface area contributed by atoms with E-state index >= 15 is 0 Å². The molecule has 1 aliphatic carbocycles. The smallest absolute Gasteiger partial charge is 0.245 e. The van der Waals surface area contributed by atoms with Gasteiger partial charge in [-0.15, -0.1) is 17.5 Å². The fraction of sp³-hybridized carbons (Fsp3) is 0.462. The molecule has 1 saturated carbocycles. The Balaban J connectivity index is 0.00000324. The maximum Gasteiger partial charge on any atom is 0.245 e. The Morgan fingerprint density at radius 2 is 1.91 bits per heavy atom. The summed E-state index contributed by atoms with van der Waals surface area (Å²) in [4.78, 5) is 7.06. The van der Waals surface area contributed by atoms with Gasteiger partial charge in [-0.05, 0) is 68.4 Å². The van der Waals surface area contributed by atoms with Crippen LogP contribution in [-0.4, -0.2) is 28.4 Å². The molecule has 0 radical (unpaired) electrons. The fourth-order valence-corrected chi connectivity index (χ4v) is 4.56. The summed E-state index contributed by atoms with van der Waals surface area (Å²) in [5.74, 6) is 2.63. The number of rotatable bonds is 9. The molecule has 1 fully saturated rings. The Labute approximate surface area is 212 Å². The molecule has 1 aromatic heterocycles. The molecule has 0 N–H and O–H groups in total. The summed E-state index contributed by atoms with van der Waals surface area (Å²) in [6, 6.07) is 9.39. The van der Waals surface area contributed by atoms with E-state index in [-0.39, 0.29) is 24.3 Å². The zero-order valence-corrected chi connectivity index (χ0v) is 22.0. The summed E-state index contributed by atoms with van der Waals surface area (Å²) in [5.41, 5.74) is 3.38. The summed E-state index contributed by atoms with van der Waals surface area (Å²) in [6.45, 7) is 8.63. The summed E-state index contributed by atoms with van der Waals surface area (Å²) < 4.78 is 21.7. The first-order valence-electron chi connectivity index (χ1n) is 11.6. The Morgan fingerprint density at radius 1 is 1.18 bits per heavy atom. The van der Waals surface area contributed by atoms with Crippen LogP contribution < -0.4 is 9.64 Å². The highest BCUT2D eigenvalue weighted by Crippen LogP contribution is 2.41. The molecule has 0 amide bonds. The molecule has 0 aliphatic heterocycles. The van der Waals surface area contributed by atoms with Crippen molar-refractivity contribution < 1.29 is 9.13 Å². The van der Waals surface area contributed by atoms with E-state index in [4.69, 9.17) is 26.4 Å². The van der Waals surface area contributed by atoms with Crippen LogP contribution >= 0.6 is 24.0 Å². The maximum absolute atomic E-state index is 14.5. The number of anilines is 1. The Hall–Kier alpha value is -2.31. The van der Waals surface area contributed by atoms with Gasteiger partial charge in [0.05, 0.1) is 23.9 Å². The van der Waals surface area contributed by atoms with Crippen LogP contribution in [0, 0.1) is 32.5 Å². The first-order valence-corrected chi connectivity index (χ1v) is 12.0. The molecule has 8 heteroatoms. The molecule has 1 unspecified atom stereocenters. The van der Waals surface area contributed by atoms with E-state index in [9.17, 15) is 4.39 Å². The molecule has 34 heavy (non-hydrogen) atoms. The first kappa shape index (κ1) is 26.3. The molecule has 184 valence electrons. The average Bonchev–Trinajstić information content (AvgIpc) is 3.53. The minimum Gasteiger partial charge on any atom is -0.496 e. The normalized spacial score (nSPS) is 14.0. The molecule has 5 nitrogen and oxygen atoms in total. The van der Waals surface area contributed by atoms with Crippen molar-refractivity contribution in [3.8, 4) is 11.4 Å². The Bertz CT molecular complexity index is 1150. The average molecular weight is 507 g/mol.